The second-order valence-electron chi connectivity index (χ2n) is 7.72. The van der Waals surface area contributed by atoms with Crippen LogP contribution in [0.2, 0.25) is 0 Å². The fraction of sp³-hybridized carbons (Fsp3) is 0.632. The second kappa shape index (κ2) is 8.66. The van der Waals surface area contributed by atoms with Crippen LogP contribution in [0.15, 0.2) is 24.5 Å². The van der Waals surface area contributed by atoms with E-state index in [1.807, 2.05) is 12.1 Å². The van der Waals surface area contributed by atoms with E-state index >= 15 is 0 Å². The molecule has 1 amide bonds. The number of hydrogen-bond donors (Lipinski definition) is 1. The molecule has 2 saturated heterocycles. The van der Waals surface area contributed by atoms with Crippen LogP contribution in [0, 0.1) is 17.3 Å². The molecule has 0 spiro atoms. The largest absolute Gasteiger partial charge is 0.490 e. The summed E-state index contributed by atoms with van der Waals surface area (Å²) in [4.78, 5) is 27.3. The van der Waals surface area contributed by atoms with Gasteiger partial charge in [0.2, 0.25) is 5.91 Å². The maximum Gasteiger partial charge on any atom is 0.490 e. The smallest absolute Gasteiger partial charge is 0.475 e. The van der Waals surface area contributed by atoms with Gasteiger partial charge in [-0.3, -0.25) is 9.78 Å². The van der Waals surface area contributed by atoms with E-state index in [4.69, 9.17) is 19.4 Å². The Balaban J connectivity index is 0.000000298. The van der Waals surface area contributed by atoms with Crippen molar-refractivity contribution in [2.75, 3.05) is 32.9 Å². The minimum absolute atomic E-state index is 0.00240. The van der Waals surface area contributed by atoms with Gasteiger partial charge in [0.05, 0.1) is 26.4 Å². The van der Waals surface area contributed by atoms with Gasteiger partial charge in [-0.2, -0.15) is 13.2 Å². The molecule has 10 heteroatoms. The first-order valence-corrected chi connectivity index (χ1v) is 9.34. The molecule has 7 nitrogen and oxygen atoms in total. The lowest BCUT2D eigenvalue weighted by atomic mass is 9.82. The Morgan fingerprint density at radius 3 is 2.55 bits per heavy atom. The van der Waals surface area contributed by atoms with Crippen molar-refractivity contribution >= 4 is 11.9 Å². The number of aromatic nitrogens is 1. The Morgan fingerprint density at radius 1 is 1.31 bits per heavy atom. The summed E-state index contributed by atoms with van der Waals surface area (Å²) in [5.41, 5.74) is 1.13. The minimum Gasteiger partial charge on any atom is -0.475 e. The van der Waals surface area contributed by atoms with Gasteiger partial charge >= 0.3 is 12.1 Å². The van der Waals surface area contributed by atoms with Crippen molar-refractivity contribution in [2.24, 2.45) is 17.3 Å². The zero-order valence-corrected chi connectivity index (χ0v) is 15.7. The van der Waals surface area contributed by atoms with Crippen molar-refractivity contribution in [1.29, 1.82) is 0 Å². The number of hydrogen-bond acceptors (Lipinski definition) is 5. The van der Waals surface area contributed by atoms with Gasteiger partial charge in [0, 0.05) is 42.7 Å². The Hall–Kier alpha value is -2.20. The van der Waals surface area contributed by atoms with Crippen molar-refractivity contribution in [3.05, 3.63) is 30.1 Å². The van der Waals surface area contributed by atoms with Crippen LogP contribution in [-0.4, -0.2) is 66.0 Å². The highest BCUT2D eigenvalue weighted by molar-refractivity contribution is 5.81. The van der Waals surface area contributed by atoms with Gasteiger partial charge in [-0.1, -0.05) is 0 Å². The standard InChI is InChI=1S/C17H22N2O3.C2HF3O2/c20-16(14-1-2-14)19-7-15-9-22-12-17(15,10-19)11-21-8-13-3-5-18-6-4-13;3-2(4,5)1(6)7/h3-6,14-15H,1-2,7-12H2;(H,6,7)/t15-,17-;/m1./s1. The first kappa shape index (κ1) is 21.5. The number of alkyl halides is 3. The topological polar surface area (TPSA) is 89.0 Å². The number of carboxylic acids is 1. The molecule has 3 aliphatic rings. The number of halogens is 3. The molecule has 3 fully saturated rings. The fourth-order valence-corrected chi connectivity index (χ4v) is 3.64. The summed E-state index contributed by atoms with van der Waals surface area (Å²) in [6.45, 7) is 4.36. The summed E-state index contributed by atoms with van der Waals surface area (Å²) in [7, 11) is 0. The van der Waals surface area contributed by atoms with Gasteiger partial charge in [-0.05, 0) is 30.5 Å². The zero-order valence-electron chi connectivity index (χ0n) is 15.7. The van der Waals surface area contributed by atoms with Crippen LogP contribution in [0.5, 0.6) is 0 Å². The van der Waals surface area contributed by atoms with E-state index in [1.54, 1.807) is 12.4 Å². The highest BCUT2D eigenvalue weighted by Crippen LogP contribution is 2.43. The third-order valence-electron chi connectivity index (χ3n) is 5.41. The Bertz CT molecular complexity index is 726. The number of nitrogens with zero attached hydrogens (tertiary/aromatic N) is 2. The molecule has 0 aromatic carbocycles. The fourth-order valence-electron chi connectivity index (χ4n) is 3.64. The number of aliphatic carboxylic acids is 1. The van der Waals surface area contributed by atoms with Crippen LogP contribution in [0.1, 0.15) is 18.4 Å². The van der Waals surface area contributed by atoms with E-state index < -0.39 is 12.1 Å². The summed E-state index contributed by atoms with van der Waals surface area (Å²) >= 11 is 0. The summed E-state index contributed by atoms with van der Waals surface area (Å²) in [6.07, 6.45) is 0.623. The van der Waals surface area contributed by atoms with Crippen molar-refractivity contribution in [1.82, 2.24) is 9.88 Å². The third kappa shape index (κ3) is 5.45. The average Bonchev–Trinajstić information content (AvgIpc) is 3.35. The molecule has 2 aliphatic heterocycles. The van der Waals surface area contributed by atoms with Crippen LogP contribution in [0.3, 0.4) is 0 Å². The van der Waals surface area contributed by atoms with E-state index in [1.165, 1.54) is 0 Å². The number of fused-ring (bicyclic) bond motifs is 1. The molecule has 1 aliphatic carbocycles. The predicted molar refractivity (Wildman–Crippen MR) is 93.6 cm³/mol. The van der Waals surface area contributed by atoms with E-state index in [0.29, 0.717) is 37.6 Å². The van der Waals surface area contributed by atoms with E-state index in [9.17, 15) is 18.0 Å². The molecular formula is C19H23F3N2O5. The lowest BCUT2D eigenvalue weighted by Gasteiger charge is -2.27. The molecule has 160 valence electrons. The Morgan fingerprint density at radius 2 is 1.97 bits per heavy atom. The highest BCUT2D eigenvalue weighted by atomic mass is 19.4. The van der Waals surface area contributed by atoms with Gasteiger partial charge in [0.25, 0.3) is 0 Å². The van der Waals surface area contributed by atoms with Gasteiger partial charge in [0.15, 0.2) is 0 Å². The summed E-state index contributed by atoms with van der Waals surface area (Å²) in [6, 6.07) is 3.94. The molecule has 1 N–H and O–H groups in total. The number of rotatable bonds is 5. The molecule has 2 atom stereocenters. The van der Waals surface area contributed by atoms with Gasteiger partial charge in [-0.15, -0.1) is 0 Å². The van der Waals surface area contributed by atoms with Crippen molar-refractivity contribution in [3.8, 4) is 0 Å². The summed E-state index contributed by atoms with van der Waals surface area (Å²) in [5, 5.41) is 7.12. The number of carbonyl (C=O) groups excluding carboxylic acids is 1. The third-order valence-corrected chi connectivity index (χ3v) is 5.41. The molecular weight excluding hydrogens is 393 g/mol. The van der Waals surface area contributed by atoms with Crippen molar-refractivity contribution in [3.63, 3.8) is 0 Å². The van der Waals surface area contributed by atoms with Gasteiger partial charge in [0.1, 0.15) is 0 Å². The maximum absolute atomic E-state index is 12.3. The van der Waals surface area contributed by atoms with E-state index in [2.05, 4.69) is 9.88 Å². The van der Waals surface area contributed by atoms with Crippen LogP contribution < -0.4 is 0 Å². The first-order valence-electron chi connectivity index (χ1n) is 9.34. The molecule has 1 aromatic rings. The van der Waals surface area contributed by atoms with E-state index in [-0.39, 0.29) is 5.41 Å². The Kier molecular flexibility index (Phi) is 6.42. The normalized spacial score (nSPS) is 25.9. The SMILES string of the molecule is O=C(C1CC1)N1C[C@@H]2COC[C@]2(COCc2ccncc2)C1.O=C(O)C(F)(F)F. The molecule has 29 heavy (non-hydrogen) atoms. The summed E-state index contributed by atoms with van der Waals surface area (Å²) in [5.74, 6) is -1.68. The quantitative estimate of drug-likeness (QED) is 0.791. The number of carbonyl (C=O) groups is 2. The molecule has 4 rings (SSSR count). The number of ether oxygens (including phenoxy) is 2. The van der Waals surface area contributed by atoms with Crippen LogP contribution in [0.4, 0.5) is 13.2 Å². The Labute approximate surface area is 165 Å². The van der Waals surface area contributed by atoms with Gasteiger partial charge in [-0.25, -0.2) is 4.79 Å². The van der Waals surface area contributed by atoms with Crippen molar-refractivity contribution in [2.45, 2.75) is 25.6 Å². The average molecular weight is 416 g/mol. The monoisotopic (exact) mass is 416 g/mol. The van der Waals surface area contributed by atoms with Crippen LogP contribution in [-0.2, 0) is 25.7 Å². The molecule has 0 unspecified atom stereocenters. The first-order chi connectivity index (χ1) is 13.7. The predicted octanol–water partition coefficient (Wildman–Crippen LogP) is 2.12. The molecule has 0 radical (unpaired) electrons. The lowest BCUT2D eigenvalue weighted by Crippen LogP contribution is -2.37. The zero-order chi connectivity index (χ0) is 21.1. The molecule has 0 bridgehead atoms. The lowest BCUT2D eigenvalue weighted by molar-refractivity contribution is -0.192. The van der Waals surface area contributed by atoms with Crippen LogP contribution in [0.25, 0.3) is 0 Å². The summed E-state index contributed by atoms with van der Waals surface area (Å²) < 4.78 is 43.4. The van der Waals surface area contributed by atoms with Crippen LogP contribution >= 0.6 is 0 Å². The molecule has 1 aromatic heterocycles. The van der Waals surface area contributed by atoms with E-state index in [0.717, 1.165) is 38.1 Å². The van der Waals surface area contributed by atoms with Gasteiger partial charge < -0.3 is 19.5 Å². The molecule has 1 saturated carbocycles. The number of likely N-dealkylation sites (tertiary alicyclic amines) is 1. The number of carboxylic acid groups (broad SMARTS) is 1. The highest BCUT2D eigenvalue weighted by Gasteiger charge is 2.53. The second-order valence-corrected chi connectivity index (χ2v) is 7.72. The number of pyridine rings is 1. The number of amides is 1. The van der Waals surface area contributed by atoms with Crippen molar-refractivity contribution < 1.29 is 37.3 Å². The maximum atomic E-state index is 12.3. The minimum atomic E-state index is -5.08. The molecule has 3 heterocycles.